The van der Waals surface area contributed by atoms with Gasteiger partial charge < -0.3 is 14.8 Å². The molecule has 5 aromatic rings. The minimum Gasteiger partial charge on any atom is -0.495 e. The Labute approximate surface area is 213 Å². The summed E-state index contributed by atoms with van der Waals surface area (Å²) in [5.74, 6) is 0.962. The van der Waals surface area contributed by atoms with Gasteiger partial charge in [0, 0.05) is 11.3 Å². The Kier molecular flexibility index (Phi) is 6.56. The van der Waals surface area contributed by atoms with Gasteiger partial charge in [0.15, 0.2) is 0 Å². The van der Waals surface area contributed by atoms with Crippen LogP contribution in [-0.2, 0) is 6.61 Å². The largest absolute Gasteiger partial charge is 0.495 e. The number of hydrogen-bond donors (Lipinski definition) is 1. The summed E-state index contributed by atoms with van der Waals surface area (Å²) in [4.78, 5) is 14.5. The molecule has 1 amide bonds. The zero-order valence-corrected chi connectivity index (χ0v) is 20.5. The number of fused-ring (bicyclic) bond motifs is 1. The number of nitrogens with zero attached hydrogens (tertiary/aromatic N) is 3. The number of aromatic nitrogens is 3. The molecule has 0 fully saturated rings. The Bertz CT molecular complexity index is 1550. The molecule has 7 nitrogen and oxygen atoms in total. The SMILES string of the molecule is COc1ccc(-n2nc3cc(C)c(NC(=O)c4cccc(OCc5ccccc5)c4)cc3n2)cc1Cl. The number of rotatable bonds is 7. The first-order valence-electron chi connectivity index (χ1n) is 11.3. The van der Waals surface area contributed by atoms with Crippen molar-refractivity contribution in [2.45, 2.75) is 13.5 Å². The van der Waals surface area contributed by atoms with E-state index in [2.05, 4.69) is 15.5 Å². The van der Waals surface area contributed by atoms with Gasteiger partial charge in [0.2, 0.25) is 0 Å². The molecule has 0 aliphatic rings. The van der Waals surface area contributed by atoms with Crippen molar-refractivity contribution in [3.8, 4) is 17.2 Å². The number of carbonyl (C=O) groups excluding carboxylic acids is 1. The Hall–Kier alpha value is -4.36. The second-order valence-electron chi connectivity index (χ2n) is 8.22. The number of benzene rings is 4. The maximum atomic E-state index is 13.0. The summed E-state index contributed by atoms with van der Waals surface area (Å²) in [7, 11) is 1.56. The molecule has 180 valence electrons. The minimum absolute atomic E-state index is 0.239. The number of hydrogen-bond acceptors (Lipinski definition) is 5. The summed E-state index contributed by atoms with van der Waals surface area (Å²) in [5.41, 5.74) is 5.12. The molecule has 0 saturated heterocycles. The zero-order valence-electron chi connectivity index (χ0n) is 19.7. The molecule has 0 spiro atoms. The van der Waals surface area contributed by atoms with Crippen LogP contribution in [0.25, 0.3) is 16.7 Å². The van der Waals surface area contributed by atoms with Gasteiger partial charge in [-0.05, 0) is 66.6 Å². The summed E-state index contributed by atoms with van der Waals surface area (Å²) in [6.07, 6.45) is 0. The zero-order chi connectivity index (χ0) is 25.1. The van der Waals surface area contributed by atoms with E-state index in [4.69, 9.17) is 21.1 Å². The van der Waals surface area contributed by atoms with Crippen LogP contribution < -0.4 is 14.8 Å². The summed E-state index contributed by atoms with van der Waals surface area (Å²) >= 11 is 6.26. The molecule has 8 heteroatoms. The third kappa shape index (κ3) is 5.01. The highest BCUT2D eigenvalue weighted by atomic mass is 35.5. The number of halogens is 1. The van der Waals surface area contributed by atoms with Gasteiger partial charge >= 0.3 is 0 Å². The lowest BCUT2D eigenvalue weighted by Crippen LogP contribution is -2.13. The summed E-state index contributed by atoms with van der Waals surface area (Å²) in [6, 6.07) is 26.0. The van der Waals surface area contributed by atoms with Gasteiger partial charge in [-0.25, -0.2) is 0 Å². The van der Waals surface area contributed by atoms with Crippen molar-refractivity contribution in [3.63, 3.8) is 0 Å². The highest BCUT2D eigenvalue weighted by Gasteiger charge is 2.13. The van der Waals surface area contributed by atoms with Crippen molar-refractivity contribution in [2.24, 2.45) is 0 Å². The minimum atomic E-state index is -0.239. The van der Waals surface area contributed by atoms with Gasteiger partial charge in [0.05, 0.1) is 17.8 Å². The van der Waals surface area contributed by atoms with Crippen LogP contribution in [0.2, 0.25) is 5.02 Å². The van der Waals surface area contributed by atoms with Crippen LogP contribution in [0.1, 0.15) is 21.5 Å². The normalized spacial score (nSPS) is 10.9. The Balaban J connectivity index is 1.34. The fourth-order valence-electron chi connectivity index (χ4n) is 3.76. The van der Waals surface area contributed by atoms with Crippen molar-refractivity contribution in [2.75, 3.05) is 12.4 Å². The molecule has 0 radical (unpaired) electrons. The molecule has 0 atom stereocenters. The van der Waals surface area contributed by atoms with Gasteiger partial charge in [-0.2, -0.15) is 4.80 Å². The van der Waals surface area contributed by atoms with Crippen LogP contribution in [0.3, 0.4) is 0 Å². The van der Waals surface area contributed by atoms with Crippen molar-refractivity contribution in [3.05, 3.63) is 107 Å². The Morgan fingerprint density at radius 2 is 1.72 bits per heavy atom. The van der Waals surface area contributed by atoms with E-state index in [1.807, 2.05) is 61.5 Å². The fourth-order valence-corrected chi connectivity index (χ4v) is 4.01. The molecule has 4 aromatic carbocycles. The van der Waals surface area contributed by atoms with E-state index < -0.39 is 0 Å². The third-order valence-electron chi connectivity index (χ3n) is 5.69. The molecular formula is C28H23ClN4O3. The van der Waals surface area contributed by atoms with E-state index >= 15 is 0 Å². The van der Waals surface area contributed by atoms with Gasteiger partial charge in [-0.3, -0.25) is 4.79 Å². The molecule has 0 aliphatic carbocycles. The third-order valence-corrected chi connectivity index (χ3v) is 5.98. The number of ether oxygens (including phenoxy) is 2. The maximum Gasteiger partial charge on any atom is 0.255 e. The van der Waals surface area contributed by atoms with Crippen LogP contribution in [0, 0.1) is 6.92 Å². The van der Waals surface area contributed by atoms with Crippen LogP contribution in [0.15, 0.2) is 84.9 Å². The molecule has 0 aliphatic heterocycles. The fraction of sp³-hybridized carbons (Fsp3) is 0.107. The standard InChI is InChI=1S/C28H23ClN4O3/c1-18-13-25-26(32-33(31-25)21-11-12-27(35-2)23(29)15-21)16-24(18)30-28(34)20-9-6-10-22(14-20)36-17-19-7-4-3-5-8-19/h3-16H,17H2,1-2H3,(H,30,34). The molecular weight excluding hydrogens is 476 g/mol. The smallest absolute Gasteiger partial charge is 0.255 e. The number of carbonyl (C=O) groups is 1. The number of anilines is 1. The number of nitrogens with one attached hydrogen (secondary N) is 1. The molecule has 36 heavy (non-hydrogen) atoms. The second-order valence-corrected chi connectivity index (χ2v) is 8.63. The summed E-state index contributed by atoms with van der Waals surface area (Å²) in [6.45, 7) is 2.34. The van der Waals surface area contributed by atoms with Gasteiger partial charge in [0.1, 0.15) is 29.1 Å². The average molecular weight is 499 g/mol. The second kappa shape index (κ2) is 10.1. The first kappa shape index (κ1) is 23.4. The average Bonchev–Trinajstić information content (AvgIpc) is 3.31. The van der Waals surface area contributed by atoms with E-state index in [0.717, 1.165) is 11.1 Å². The van der Waals surface area contributed by atoms with Crippen molar-refractivity contribution in [1.29, 1.82) is 0 Å². The lowest BCUT2D eigenvalue weighted by Gasteiger charge is -2.10. The molecule has 1 heterocycles. The van der Waals surface area contributed by atoms with Gasteiger partial charge in [-0.15, -0.1) is 10.2 Å². The van der Waals surface area contributed by atoms with Crippen molar-refractivity contribution in [1.82, 2.24) is 15.0 Å². The van der Waals surface area contributed by atoms with Crippen molar-refractivity contribution >= 4 is 34.2 Å². The van der Waals surface area contributed by atoms with Gasteiger partial charge in [-0.1, -0.05) is 48.0 Å². The molecule has 0 bridgehead atoms. The molecule has 1 aromatic heterocycles. The summed E-state index contributed by atoms with van der Waals surface area (Å²) in [5, 5.41) is 12.6. The molecule has 0 unspecified atom stereocenters. The topological polar surface area (TPSA) is 78.3 Å². The molecule has 5 rings (SSSR count). The maximum absolute atomic E-state index is 13.0. The summed E-state index contributed by atoms with van der Waals surface area (Å²) < 4.78 is 11.1. The number of aryl methyl sites for hydroxylation is 1. The highest BCUT2D eigenvalue weighted by molar-refractivity contribution is 6.32. The van der Waals surface area contributed by atoms with Crippen LogP contribution in [-0.4, -0.2) is 28.0 Å². The predicted octanol–water partition coefficient (Wildman–Crippen LogP) is 6.22. The Morgan fingerprint density at radius 1 is 0.944 bits per heavy atom. The highest BCUT2D eigenvalue weighted by Crippen LogP contribution is 2.28. The lowest BCUT2D eigenvalue weighted by atomic mass is 10.1. The number of methoxy groups -OCH3 is 1. The van der Waals surface area contributed by atoms with Crippen LogP contribution >= 0.6 is 11.6 Å². The van der Waals surface area contributed by atoms with E-state index in [1.54, 1.807) is 37.4 Å². The number of amides is 1. The first-order chi connectivity index (χ1) is 17.5. The first-order valence-corrected chi connectivity index (χ1v) is 11.7. The van der Waals surface area contributed by atoms with E-state index in [9.17, 15) is 4.79 Å². The van der Waals surface area contributed by atoms with Crippen molar-refractivity contribution < 1.29 is 14.3 Å². The molecule has 1 N–H and O–H groups in total. The predicted molar refractivity (Wildman–Crippen MR) is 140 cm³/mol. The van der Waals surface area contributed by atoms with E-state index in [1.165, 1.54) is 4.80 Å². The molecule has 0 saturated carbocycles. The van der Waals surface area contributed by atoms with Gasteiger partial charge in [0.25, 0.3) is 5.91 Å². The quantitative estimate of drug-likeness (QED) is 0.288. The van der Waals surface area contributed by atoms with Crippen LogP contribution in [0.5, 0.6) is 11.5 Å². The Morgan fingerprint density at radius 3 is 2.47 bits per heavy atom. The lowest BCUT2D eigenvalue weighted by molar-refractivity contribution is 0.102. The monoisotopic (exact) mass is 498 g/mol. The van der Waals surface area contributed by atoms with E-state index in [0.29, 0.717) is 51.1 Å². The van der Waals surface area contributed by atoms with E-state index in [-0.39, 0.29) is 5.91 Å². The van der Waals surface area contributed by atoms with Crippen LogP contribution in [0.4, 0.5) is 5.69 Å².